The number of rotatable bonds is 4. The molecule has 0 unspecified atom stereocenters. The Bertz CT molecular complexity index is 804. The van der Waals surface area contributed by atoms with Gasteiger partial charge < -0.3 is 10.2 Å². The van der Waals surface area contributed by atoms with Crippen LogP contribution in [0.15, 0.2) is 17.5 Å². The van der Waals surface area contributed by atoms with E-state index in [-0.39, 0.29) is 13.2 Å². The van der Waals surface area contributed by atoms with Gasteiger partial charge in [-0.15, -0.1) is 28.2 Å². The first-order valence-electron chi connectivity index (χ1n) is 7.89. The Morgan fingerprint density at radius 2 is 1.67 bits per heavy atom. The molecule has 0 fully saturated rings. The van der Waals surface area contributed by atoms with E-state index in [4.69, 9.17) is 5.11 Å². The van der Waals surface area contributed by atoms with Crippen LogP contribution in [-0.4, -0.2) is 31.5 Å². The Balaban J connectivity index is 2.30. The summed E-state index contributed by atoms with van der Waals surface area (Å²) in [6.45, 7) is 6.93. The first-order chi connectivity index (χ1) is 11.4. The van der Waals surface area contributed by atoms with Crippen molar-refractivity contribution in [3.63, 3.8) is 0 Å². The van der Waals surface area contributed by atoms with Crippen molar-refractivity contribution in [1.82, 2.24) is 0 Å². The third-order valence-corrected chi connectivity index (χ3v) is 5.92. The normalized spacial score (nSPS) is 10.7. The maximum atomic E-state index is 9.26. The van der Waals surface area contributed by atoms with Gasteiger partial charge in [0.25, 0.3) is 0 Å². The van der Waals surface area contributed by atoms with E-state index in [9.17, 15) is 5.11 Å². The monoisotopic (exact) mass is 374 g/mol. The quantitative estimate of drug-likeness (QED) is 0.635. The minimum Gasteiger partial charge on any atom is -0.396 e. The number of hydrogen-bond acceptors (Lipinski definition) is 4. The van der Waals surface area contributed by atoms with E-state index in [0.29, 0.717) is 12.8 Å². The Hall–Kier alpha value is -1.34. The molecule has 0 aliphatic heterocycles. The third-order valence-electron chi connectivity index (χ3n) is 3.17. The average molecular weight is 375 g/mol. The molecule has 0 saturated heterocycles. The van der Waals surface area contributed by atoms with Gasteiger partial charge in [-0.1, -0.05) is 25.6 Å². The minimum absolute atomic E-state index is 0.122. The molecule has 0 spiro atoms. The van der Waals surface area contributed by atoms with Crippen molar-refractivity contribution < 1.29 is 10.2 Å². The Morgan fingerprint density at radius 1 is 0.958 bits per heavy atom. The van der Waals surface area contributed by atoms with Crippen LogP contribution in [0, 0.1) is 23.3 Å². The second kappa shape index (κ2) is 8.67. The molecular formula is C19H22O2S2Si. The molecule has 2 aromatic rings. The number of aliphatic hydroxyl groups excluding tert-OH is 2. The molecule has 2 heterocycles. The molecule has 126 valence electrons. The topological polar surface area (TPSA) is 40.5 Å². The van der Waals surface area contributed by atoms with Gasteiger partial charge in [0.05, 0.1) is 14.6 Å². The van der Waals surface area contributed by atoms with Crippen LogP contribution in [0.1, 0.15) is 25.8 Å². The van der Waals surface area contributed by atoms with E-state index in [1.54, 1.807) is 22.7 Å². The molecule has 24 heavy (non-hydrogen) atoms. The van der Waals surface area contributed by atoms with E-state index < -0.39 is 8.07 Å². The van der Waals surface area contributed by atoms with Crippen molar-refractivity contribution in [2.45, 2.75) is 32.5 Å². The summed E-state index contributed by atoms with van der Waals surface area (Å²) in [4.78, 5) is 3.01. The second-order valence-corrected chi connectivity index (χ2v) is 13.2. The van der Waals surface area contributed by atoms with Gasteiger partial charge in [-0.05, 0) is 53.3 Å². The predicted molar refractivity (Wildman–Crippen MR) is 106 cm³/mol. The summed E-state index contributed by atoms with van der Waals surface area (Å²) in [5.74, 6) is 9.74. The molecule has 0 amide bonds. The third kappa shape index (κ3) is 5.63. The van der Waals surface area contributed by atoms with E-state index in [0.717, 1.165) is 25.8 Å². The van der Waals surface area contributed by atoms with Crippen LogP contribution in [0.4, 0.5) is 0 Å². The van der Waals surface area contributed by atoms with Crippen molar-refractivity contribution in [1.29, 1.82) is 0 Å². The zero-order valence-corrected chi connectivity index (χ0v) is 16.9. The minimum atomic E-state index is -1.43. The van der Waals surface area contributed by atoms with E-state index in [2.05, 4.69) is 42.9 Å². The second-order valence-electron chi connectivity index (χ2n) is 6.44. The lowest BCUT2D eigenvalue weighted by Crippen LogP contribution is -2.16. The molecule has 0 saturated carbocycles. The summed E-state index contributed by atoms with van der Waals surface area (Å²) in [7, 11) is -1.43. The van der Waals surface area contributed by atoms with Crippen LogP contribution in [-0.2, 0) is 12.8 Å². The summed E-state index contributed by atoms with van der Waals surface area (Å²) >= 11 is 3.20. The van der Waals surface area contributed by atoms with Crippen LogP contribution in [0.3, 0.4) is 0 Å². The van der Waals surface area contributed by atoms with E-state index >= 15 is 0 Å². The molecule has 0 aliphatic rings. The van der Waals surface area contributed by atoms with Crippen LogP contribution < -0.4 is 0 Å². The highest BCUT2D eigenvalue weighted by molar-refractivity contribution is 7.13. The summed E-state index contributed by atoms with van der Waals surface area (Å²) < 4.78 is 0. The van der Waals surface area contributed by atoms with Crippen molar-refractivity contribution in [2.75, 3.05) is 13.2 Å². The van der Waals surface area contributed by atoms with Crippen LogP contribution in [0.25, 0.3) is 0 Å². The van der Waals surface area contributed by atoms with E-state index in [1.807, 2.05) is 17.5 Å². The largest absolute Gasteiger partial charge is 0.396 e. The van der Waals surface area contributed by atoms with Gasteiger partial charge in [0.15, 0.2) is 0 Å². The van der Waals surface area contributed by atoms with Gasteiger partial charge in [0, 0.05) is 13.2 Å². The summed E-state index contributed by atoms with van der Waals surface area (Å²) in [6.07, 6.45) is 1.25. The predicted octanol–water partition coefficient (Wildman–Crippen LogP) is 3.51. The number of aliphatic hydroxyl groups is 2. The molecule has 0 aliphatic carbocycles. The molecule has 0 bridgehead atoms. The fourth-order valence-corrected chi connectivity index (χ4v) is 4.34. The average Bonchev–Trinajstić information content (AvgIpc) is 3.10. The lowest BCUT2D eigenvalue weighted by Gasteiger charge is -2.03. The highest BCUT2D eigenvalue weighted by Crippen LogP contribution is 2.23. The van der Waals surface area contributed by atoms with Gasteiger partial charge in [-0.3, -0.25) is 0 Å². The van der Waals surface area contributed by atoms with Gasteiger partial charge in [0.1, 0.15) is 8.07 Å². The van der Waals surface area contributed by atoms with Crippen LogP contribution >= 0.6 is 22.7 Å². The molecule has 0 aromatic carbocycles. The molecular weight excluding hydrogens is 352 g/mol. The van der Waals surface area contributed by atoms with Crippen molar-refractivity contribution in [2.24, 2.45) is 0 Å². The molecule has 5 heteroatoms. The maximum Gasteiger partial charge on any atom is 0.129 e. The summed E-state index contributed by atoms with van der Waals surface area (Å²) in [6, 6.07) is 4.06. The maximum absolute atomic E-state index is 9.26. The van der Waals surface area contributed by atoms with Gasteiger partial charge in [-0.25, -0.2) is 0 Å². The van der Waals surface area contributed by atoms with Gasteiger partial charge in [0.2, 0.25) is 0 Å². The van der Waals surface area contributed by atoms with E-state index in [1.165, 1.54) is 0 Å². The van der Waals surface area contributed by atoms with Crippen LogP contribution in [0.2, 0.25) is 19.6 Å². The molecule has 2 nitrogen and oxygen atoms in total. The molecule has 2 aromatic heterocycles. The first kappa shape index (κ1) is 19.0. The lowest BCUT2D eigenvalue weighted by atomic mass is 10.2. The van der Waals surface area contributed by atoms with Crippen molar-refractivity contribution in [3.05, 3.63) is 43.3 Å². The van der Waals surface area contributed by atoms with Gasteiger partial charge in [-0.2, -0.15) is 0 Å². The Labute approximate surface area is 153 Å². The molecule has 0 radical (unpaired) electrons. The fraction of sp³-hybridized carbons (Fsp3) is 0.368. The first-order valence-corrected chi connectivity index (χ1v) is 13.1. The van der Waals surface area contributed by atoms with Gasteiger partial charge >= 0.3 is 0 Å². The fourth-order valence-electron chi connectivity index (χ4n) is 2.03. The van der Waals surface area contributed by atoms with Crippen molar-refractivity contribution >= 4 is 30.7 Å². The lowest BCUT2D eigenvalue weighted by molar-refractivity contribution is 0.299. The zero-order chi connectivity index (χ0) is 17.6. The number of thiophene rings is 2. The standard InChI is InChI=1S/C19H22O2S2Si/c1-24(2,3)13-9-19-16(7-11-21)14-17(23-19)4-5-18-15(6-10-20)8-12-22-18/h8,12,14,20-21H,6-7,10-11H2,1-3H3. The smallest absolute Gasteiger partial charge is 0.129 e. The van der Waals surface area contributed by atoms with Crippen molar-refractivity contribution in [3.8, 4) is 23.3 Å². The highest BCUT2D eigenvalue weighted by atomic mass is 32.1. The summed E-state index contributed by atoms with van der Waals surface area (Å²) in [5, 5.41) is 20.4. The summed E-state index contributed by atoms with van der Waals surface area (Å²) in [5.41, 5.74) is 5.57. The zero-order valence-electron chi connectivity index (χ0n) is 14.3. The number of hydrogen-bond donors (Lipinski definition) is 2. The SMILES string of the molecule is C[Si](C)(C)C#Cc1sc(C#Cc2sccc2CCO)cc1CCO. The van der Waals surface area contributed by atoms with Crippen LogP contribution in [0.5, 0.6) is 0 Å². The molecule has 0 atom stereocenters. The molecule has 2 N–H and O–H groups in total. The Kier molecular flexibility index (Phi) is 6.86. The highest BCUT2D eigenvalue weighted by Gasteiger charge is 2.10. The Morgan fingerprint density at radius 3 is 2.33 bits per heavy atom. The molecule has 2 rings (SSSR count).